The number of carbonyl (C=O) groups is 2. The van der Waals surface area contributed by atoms with Gasteiger partial charge in [-0.3, -0.25) is 9.59 Å². The zero-order valence-electron chi connectivity index (χ0n) is 13.8. The summed E-state index contributed by atoms with van der Waals surface area (Å²) in [5.74, 6) is -4.66. The fourth-order valence-electron chi connectivity index (χ4n) is 3.69. The second kappa shape index (κ2) is 7.15. The van der Waals surface area contributed by atoms with Gasteiger partial charge in [0.25, 0.3) is 0 Å². The number of rotatable bonds is 4. The van der Waals surface area contributed by atoms with E-state index in [1.165, 1.54) is 4.90 Å². The van der Waals surface area contributed by atoms with E-state index < -0.39 is 29.8 Å². The molecule has 2 saturated heterocycles. The second-order valence-electron chi connectivity index (χ2n) is 6.66. The van der Waals surface area contributed by atoms with Crippen molar-refractivity contribution in [1.29, 1.82) is 0 Å². The monoisotopic (exact) mass is 354 g/mol. The van der Waals surface area contributed by atoms with E-state index in [-0.39, 0.29) is 13.0 Å². The molecule has 2 aliphatic heterocycles. The molecule has 0 radical (unpaired) electrons. The van der Waals surface area contributed by atoms with Crippen LogP contribution >= 0.6 is 0 Å². The van der Waals surface area contributed by atoms with Gasteiger partial charge in [0, 0.05) is 19.5 Å². The van der Waals surface area contributed by atoms with Gasteiger partial charge in [-0.15, -0.1) is 0 Å². The number of piperidine rings is 1. The van der Waals surface area contributed by atoms with E-state index in [0.717, 1.165) is 31.5 Å². The van der Waals surface area contributed by atoms with Gasteiger partial charge in [0.2, 0.25) is 5.91 Å². The molecule has 0 bridgehead atoms. The van der Waals surface area contributed by atoms with E-state index in [2.05, 4.69) is 4.90 Å². The van der Waals surface area contributed by atoms with Crippen molar-refractivity contribution in [2.45, 2.75) is 31.5 Å². The molecule has 7 heteroatoms. The molecule has 2 aliphatic rings. The number of alkyl halides is 3. The van der Waals surface area contributed by atoms with Crippen LogP contribution in [0.4, 0.5) is 13.2 Å². The maximum absolute atomic E-state index is 13.2. The fourth-order valence-corrected chi connectivity index (χ4v) is 3.69. The summed E-state index contributed by atoms with van der Waals surface area (Å²) in [6.07, 6.45) is -2.97. The Morgan fingerprint density at radius 3 is 2.28 bits per heavy atom. The number of hydrogen-bond acceptors (Lipinski definition) is 3. The van der Waals surface area contributed by atoms with Crippen LogP contribution in [0.2, 0.25) is 0 Å². The Bertz CT molecular complexity index is 627. The molecule has 136 valence electrons. The largest absolute Gasteiger partial charge is 0.407 e. The number of amides is 1. The minimum absolute atomic E-state index is 0.0393. The van der Waals surface area contributed by atoms with Crippen LogP contribution in [0.25, 0.3) is 0 Å². The number of ketones is 1. The molecule has 2 fully saturated rings. The topological polar surface area (TPSA) is 40.6 Å². The zero-order valence-corrected chi connectivity index (χ0v) is 13.8. The van der Waals surface area contributed by atoms with Crippen LogP contribution in [0, 0.1) is 5.92 Å². The van der Waals surface area contributed by atoms with Gasteiger partial charge >= 0.3 is 6.18 Å². The molecule has 3 rings (SSSR count). The molecule has 2 unspecified atom stereocenters. The number of Topliss-reactive ketones (excluding diaryl/α,β-unsaturated/α-hetero) is 1. The Balaban J connectivity index is 1.89. The predicted octanol–water partition coefficient (Wildman–Crippen LogP) is 2.80. The quantitative estimate of drug-likeness (QED) is 0.781. The van der Waals surface area contributed by atoms with E-state index in [1.54, 1.807) is 0 Å². The molecule has 1 amide bonds. The van der Waals surface area contributed by atoms with Crippen molar-refractivity contribution in [1.82, 2.24) is 9.80 Å². The van der Waals surface area contributed by atoms with Gasteiger partial charge in [-0.25, -0.2) is 0 Å². The summed E-state index contributed by atoms with van der Waals surface area (Å²) in [4.78, 5) is 27.7. The summed E-state index contributed by atoms with van der Waals surface area (Å²) in [5.41, 5.74) is 0.804. The van der Waals surface area contributed by atoms with Crippen molar-refractivity contribution >= 4 is 11.7 Å². The molecular formula is C18H21F3N2O2. The number of likely N-dealkylation sites (tertiary alicyclic amines) is 2. The fraction of sp³-hybridized carbons (Fsp3) is 0.556. The van der Waals surface area contributed by atoms with Crippen LogP contribution in [-0.4, -0.2) is 53.8 Å². The highest BCUT2D eigenvalue weighted by Crippen LogP contribution is 2.36. The number of hydrogen-bond donors (Lipinski definition) is 0. The Hall–Kier alpha value is -1.89. The van der Waals surface area contributed by atoms with E-state index in [1.807, 2.05) is 30.3 Å². The van der Waals surface area contributed by atoms with Crippen LogP contribution in [0.5, 0.6) is 0 Å². The molecule has 0 N–H and O–H groups in total. The average Bonchev–Trinajstić information content (AvgIpc) is 3.06. The Morgan fingerprint density at radius 1 is 1.04 bits per heavy atom. The normalized spacial score (nSPS) is 24.0. The zero-order chi connectivity index (χ0) is 18.0. The summed E-state index contributed by atoms with van der Waals surface area (Å²) in [5, 5.41) is 0. The standard InChI is InChI=1S/C18H21F3N2O2/c19-18(20,21)16-15(24)8-11-23(17(16)25)14(12-22-9-4-5-10-22)13-6-2-1-3-7-13/h1-3,6-7,14,16H,4-5,8-12H2. The molecule has 25 heavy (non-hydrogen) atoms. The molecule has 0 aliphatic carbocycles. The highest BCUT2D eigenvalue weighted by Gasteiger charge is 2.54. The van der Waals surface area contributed by atoms with Crippen molar-refractivity contribution in [2.75, 3.05) is 26.2 Å². The molecule has 1 aromatic carbocycles. The molecular weight excluding hydrogens is 333 g/mol. The van der Waals surface area contributed by atoms with E-state index in [4.69, 9.17) is 0 Å². The van der Waals surface area contributed by atoms with Gasteiger partial charge in [0.05, 0.1) is 6.04 Å². The molecule has 0 saturated carbocycles. The van der Waals surface area contributed by atoms with Crippen LogP contribution in [-0.2, 0) is 9.59 Å². The first-order chi connectivity index (χ1) is 11.9. The summed E-state index contributed by atoms with van der Waals surface area (Å²) < 4.78 is 39.6. The van der Waals surface area contributed by atoms with Crippen molar-refractivity contribution in [3.8, 4) is 0 Å². The van der Waals surface area contributed by atoms with Crippen molar-refractivity contribution < 1.29 is 22.8 Å². The molecule has 2 heterocycles. The number of carbonyl (C=O) groups excluding carboxylic acids is 2. The van der Waals surface area contributed by atoms with Gasteiger partial charge in [-0.2, -0.15) is 13.2 Å². The molecule has 2 atom stereocenters. The third kappa shape index (κ3) is 3.86. The maximum atomic E-state index is 13.2. The van der Waals surface area contributed by atoms with Gasteiger partial charge in [-0.1, -0.05) is 30.3 Å². The molecule has 1 aromatic rings. The molecule has 4 nitrogen and oxygen atoms in total. The van der Waals surface area contributed by atoms with E-state index in [0.29, 0.717) is 6.54 Å². The summed E-state index contributed by atoms with van der Waals surface area (Å²) in [7, 11) is 0. The maximum Gasteiger partial charge on any atom is 0.407 e. The lowest BCUT2D eigenvalue weighted by atomic mass is 9.92. The molecule has 0 spiro atoms. The van der Waals surface area contributed by atoms with E-state index in [9.17, 15) is 22.8 Å². The highest BCUT2D eigenvalue weighted by molar-refractivity contribution is 6.04. The van der Waals surface area contributed by atoms with Gasteiger partial charge in [0.15, 0.2) is 11.7 Å². The first-order valence-electron chi connectivity index (χ1n) is 8.55. The highest BCUT2D eigenvalue weighted by atomic mass is 19.4. The Morgan fingerprint density at radius 2 is 1.68 bits per heavy atom. The number of benzene rings is 1. The third-order valence-electron chi connectivity index (χ3n) is 4.97. The lowest BCUT2D eigenvalue weighted by Crippen LogP contribution is -2.54. The summed E-state index contributed by atoms with van der Waals surface area (Å²) >= 11 is 0. The Kier molecular flexibility index (Phi) is 5.13. The second-order valence-corrected chi connectivity index (χ2v) is 6.66. The van der Waals surface area contributed by atoms with Crippen LogP contribution in [0.15, 0.2) is 30.3 Å². The van der Waals surface area contributed by atoms with Crippen LogP contribution in [0.3, 0.4) is 0 Å². The lowest BCUT2D eigenvalue weighted by Gasteiger charge is -2.39. The van der Waals surface area contributed by atoms with E-state index >= 15 is 0 Å². The van der Waals surface area contributed by atoms with Gasteiger partial charge < -0.3 is 9.80 Å². The lowest BCUT2D eigenvalue weighted by molar-refractivity contribution is -0.196. The Labute approximate surface area is 144 Å². The van der Waals surface area contributed by atoms with Crippen LogP contribution in [0.1, 0.15) is 30.9 Å². The minimum atomic E-state index is -4.83. The number of halogens is 3. The van der Waals surface area contributed by atoms with Gasteiger partial charge in [-0.05, 0) is 31.5 Å². The summed E-state index contributed by atoms with van der Waals surface area (Å²) in [6.45, 7) is 2.30. The SMILES string of the molecule is O=C1CCN(C(CN2CCCC2)c2ccccc2)C(=O)C1C(F)(F)F. The van der Waals surface area contributed by atoms with Crippen molar-refractivity contribution in [3.63, 3.8) is 0 Å². The average molecular weight is 354 g/mol. The summed E-state index contributed by atoms with van der Waals surface area (Å²) in [6, 6.07) is 8.64. The number of nitrogens with zero attached hydrogens (tertiary/aromatic N) is 2. The van der Waals surface area contributed by atoms with Crippen molar-refractivity contribution in [2.24, 2.45) is 5.92 Å². The smallest absolute Gasteiger partial charge is 0.333 e. The third-order valence-corrected chi connectivity index (χ3v) is 4.97. The first-order valence-corrected chi connectivity index (χ1v) is 8.55. The van der Waals surface area contributed by atoms with Crippen LogP contribution < -0.4 is 0 Å². The predicted molar refractivity (Wildman–Crippen MR) is 85.7 cm³/mol. The molecule has 0 aromatic heterocycles. The minimum Gasteiger partial charge on any atom is -0.333 e. The first kappa shape index (κ1) is 17.9. The van der Waals surface area contributed by atoms with Gasteiger partial charge in [0.1, 0.15) is 0 Å². The van der Waals surface area contributed by atoms with Crippen molar-refractivity contribution in [3.05, 3.63) is 35.9 Å².